The van der Waals surface area contributed by atoms with Crippen molar-refractivity contribution < 1.29 is 0 Å². The van der Waals surface area contributed by atoms with E-state index >= 15 is 0 Å². The van der Waals surface area contributed by atoms with E-state index in [-0.39, 0.29) is 0 Å². The van der Waals surface area contributed by atoms with Gasteiger partial charge in [0.25, 0.3) is 0 Å². The number of hydrogen-bond donors (Lipinski definition) is 0. The van der Waals surface area contributed by atoms with E-state index in [0.29, 0.717) is 0 Å². The van der Waals surface area contributed by atoms with Gasteiger partial charge in [-0.1, -0.05) is 72.8 Å². The van der Waals surface area contributed by atoms with E-state index in [1.165, 1.54) is 27.5 Å². The Balaban J connectivity index is 1.73. The van der Waals surface area contributed by atoms with Crippen molar-refractivity contribution in [3.8, 4) is 11.1 Å². The molecule has 1 nitrogen and oxygen atoms in total. The summed E-state index contributed by atoms with van der Waals surface area (Å²) in [5, 5.41) is 2.56. The minimum absolute atomic E-state index is 1.15. The molecule has 4 rings (SSSR count). The molecule has 1 heteroatoms. The van der Waals surface area contributed by atoms with Crippen LogP contribution in [0.5, 0.6) is 0 Å². The molecule has 0 radical (unpaired) electrons. The van der Waals surface area contributed by atoms with Gasteiger partial charge in [-0.25, -0.2) is 0 Å². The molecule has 114 valence electrons. The molecule has 0 N–H and O–H groups in total. The van der Waals surface area contributed by atoms with Crippen LogP contribution in [0.3, 0.4) is 0 Å². The van der Waals surface area contributed by atoms with Crippen LogP contribution >= 0.6 is 0 Å². The fourth-order valence-electron chi connectivity index (χ4n) is 2.95. The van der Waals surface area contributed by atoms with Gasteiger partial charge in [-0.15, -0.1) is 0 Å². The third-order valence-electron chi connectivity index (χ3n) is 4.16. The Bertz CT molecular complexity index is 995. The number of fused-ring (bicyclic) bond motifs is 1. The summed E-state index contributed by atoms with van der Waals surface area (Å²) in [6, 6.07) is 27.7. The first-order valence-corrected chi connectivity index (χ1v) is 8.06. The van der Waals surface area contributed by atoms with E-state index in [2.05, 4.69) is 83.9 Å². The number of aromatic nitrogens is 1. The summed E-state index contributed by atoms with van der Waals surface area (Å²) in [4.78, 5) is 4.05. The zero-order valence-electron chi connectivity index (χ0n) is 13.3. The number of hydrogen-bond acceptors (Lipinski definition) is 1. The summed E-state index contributed by atoms with van der Waals surface area (Å²) in [6.07, 6.45) is 7.88. The molecule has 0 aliphatic heterocycles. The molecule has 3 aromatic carbocycles. The maximum Gasteiger partial charge on any atom is 0.0273 e. The van der Waals surface area contributed by atoms with E-state index < -0.39 is 0 Å². The first kappa shape index (κ1) is 14.4. The van der Waals surface area contributed by atoms with Gasteiger partial charge >= 0.3 is 0 Å². The lowest BCUT2D eigenvalue weighted by molar-refractivity contribution is 1.32. The summed E-state index contributed by atoms with van der Waals surface area (Å²) in [6.45, 7) is 0. The minimum Gasteiger partial charge on any atom is -0.265 e. The average Bonchev–Trinajstić information content (AvgIpc) is 2.67. The number of pyridine rings is 1. The van der Waals surface area contributed by atoms with Gasteiger partial charge in [0.05, 0.1) is 0 Å². The van der Waals surface area contributed by atoms with E-state index in [9.17, 15) is 0 Å². The Hall–Kier alpha value is -3.19. The standard InChI is InChI=1S/C23H17N/c1-2-9-22-20(6-1)7-4-10-23(22)21-8-3-5-19(17-21)12-11-18-13-15-24-16-14-18/h1-17H. The Morgan fingerprint density at radius 2 is 1.38 bits per heavy atom. The zero-order valence-corrected chi connectivity index (χ0v) is 13.3. The summed E-state index contributed by atoms with van der Waals surface area (Å²) in [5.41, 5.74) is 4.86. The van der Waals surface area contributed by atoms with Gasteiger partial charge in [-0.2, -0.15) is 0 Å². The Labute approximate surface area is 141 Å². The molecular weight excluding hydrogens is 290 g/mol. The highest BCUT2D eigenvalue weighted by molar-refractivity contribution is 5.96. The predicted molar refractivity (Wildman–Crippen MR) is 103 cm³/mol. The molecule has 0 bridgehead atoms. The van der Waals surface area contributed by atoms with Crippen LogP contribution in [0.25, 0.3) is 34.1 Å². The molecule has 0 aliphatic carbocycles. The van der Waals surface area contributed by atoms with Crippen LogP contribution in [0.4, 0.5) is 0 Å². The molecule has 0 amide bonds. The van der Waals surface area contributed by atoms with Crippen LogP contribution in [0.1, 0.15) is 11.1 Å². The summed E-state index contributed by atoms with van der Waals surface area (Å²) in [5.74, 6) is 0. The lowest BCUT2D eigenvalue weighted by atomic mass is 9.97. The van der Waals surface area contributed by atoms with Crippen LogP contribution in [0.2, 0.25) is 0 Å². The first-order chi connectivity index (χ1) is 11.9. The smallest absolute Gasteiger partial charge is 0.0273 e. The molecule has 0 atom stereocenters. The summed E-state index contributed by atoms with van der Waals surface area (Å²) < 4.78 is 0. The highest BCUT2D eigenvalue weighted by Gasteiger charge is 2.03. The van der Waals surface area contributed by atoms with Crippen molar-refractivity contribution in [3.63, 3.8) is 0 Å². The van der Waals surface area contributed by atoms with Gasteiger partial charge in [0, 0.05) is 12.4 Å². The van der Waals surface area contributed by atoms with Crippen LogP contribution in [-0.4, -0.2) is 4.98 Å². The zero-order chi connectivity index (χ0) is 16.2. The molecule has 1 aromatic heterocycles. The molecule has 24 heavy (non-hydrogen) atoms. The SMILES string of the molecule is C(=Cc1cccc(-c2cccc3ccccc23)c1)c1ccncc1. The Kier molecular flexibility index (Phi) is 3.91. The van der Waals surface area contributed by atoms with Crippen molar-refractivity contribution in [1.29, 1.82) is 0 Å². The van der Waals surface area contributed by atoms with Crippen molar-refractivity contribution in [2.24, 2.45) is 0 Å². The van der Waals surface area contributed by atoms with Crippen LogP contribution in [-0.2, 0) is 0 Å². The van der Waals surface area contributed by atoms with Gasteiger partial charge < -0.3 is 0 Å². The van der Waals surface area contributed by atoms with Gasteiger partial charge in [-0.3, -0.25) is 4.98 Å². The van der Waals surface area contributed by atoms with Gasteiger partial charge in [0.2, 0.25) is 0 Å². The second kappa shape index (κ2) is 6.51. The van der Waals surface area contributed by atoms with Crippen molar-refractivity contribution in [2.45, 2.75) is 0 Å². The number of benzene rings is 3. The maximum atomic E-state index is 4.05. The molecule has 0 aliphatic rings. The highest BCUT2D eigenvalue weighted by atomic mass is 14.6. The molecule has 0 spiro atoms. The number of nitrogens with zero attached hydrogens (tertiary/aromatic N) is 1. The average molecular weight is 307 g/mol. The molecular formula is C23H17N. The third kappa shape index (κ3) is 2.97. The highest BCUT2D eigenvalue weighted by Crippen LogP contribution is 2.29. The van der Waals surface area contributed by atoms with Gasteiger partial charge in [0.15, 0.2) is 0 Å². The Morgan fingerprint density at radius 3 is 2.29 bits per heavy atom. The van der Waals surface area contributed by atoms with Crippen molar-refractivity contribution in [1.82, 2.24) is 4.98 Å². The molecule has 0 fully saturated rings. The quantitative estimate of drug-likeness (QED) is 0.447. The van der Waals surface area contributed by atoms with Crippen LogP contribution in [0, 0.1) is 0 Å². The fraction of sp³-hybridized carbons (Fsp3) is 0. The Morgan fingerprint density at radius 1 is 0.625 bits per heavy atom. The predicted octanol–water partition coefficient (Wildman–Crippen LogP) is 6.07. The maximum absolute atomic E-state index is 4.05. The van der Waals surface area contributed by atoms with E-state index in [4.69, 9.17) is 0 Å². The van der Waals surface area contributed by atoms with Crippen LogP contribution in [0.15, 0.2) is 91.3 Å². The monoisotopic (exact) mass is 307 g/mol. The van der Waals surface area contributed by atoms with E-state index in [1.807, 2.05) is 24.5 Å². The van der Waals surface area contributed by atoms with Crippen molar-refractivity contribution >= 4 is 22.9 Å². The summed E-state index contributed by atoms with van der Waals surface area (Å²) in [7, 11) is 0. The van der Waals surface area contributed by atoms with Crippen molar-refractivity contribution in [2.75, 3.05) is 0 Å². The first-order valence-electron chi connectivity index (χ1n) is 8.06. The topological polar surface area (TPSA) is 12.9 Å². The molecule has 0 unspecified atom stereocenters. The number of rotatable bonds is 3. The molecule has 1 heterocycles. The van der Waals surface area contributed by atoms with E-state index in [0.717, 1.165) is 5.56 Å². The van der Waals surface area contributed by atoms with Crippen molar-refractivity contribution in [3.05, 3.63) is 102 Å². The van der Waals surface area contributed by atoms with Gasteiger partial charge in [-0.05, 0) is 51.2 Å². The normalized spacial score (nSPS) is 11.2. The van der Waals surface area contributed by atoms with Gasteiger partial charge in [0.1, 0.15) is 0 Å². The molecule has 4 aromatic rings. The third-order valence-corrected chi connectivity index (χ3v) is 4.16. The second-order valence-corrected chi connectivity index (χ2v) is 5.77. The molecule has 0 saturated heterocycles. The lowest BCUT2D eigenvalue weighted by Crippen LogP contribution is -1.82. The lowest BCUT2D eigenvalue weighted by Gasteiger charge is -2.07. The molecule has 0 saturated carbocycles. The minimum atomic E-state index is 1.15. The second-order valence-electron chi connectivity index (χ2n) is 5.77. The fourth-order valence-corrected chi connectivity index (χ4v) is 2.95. The summed E-state index contributed by atoms with van der Waals surface area (Å²) >= 11 is 0. The largest absolute Gasteiger partial charge is 0.265 e. The van der Waals surface area contributed by atoms with Crippen LogP contribution < -0.4 is 0 Å². The van der Waals surface area contributed by atoms with E-state index in [1.54, 1.807) is 0 Å².